The quantitative estimate of drug-likeness (QED) is 0.338. The van der Waals surface area contributed by atoms with Gasteiger partial charge in [-0.2, -0.15) is 0 Å². The molecule has 4 nitrogen and oxygen atoms in total. The second kappa shape index (κ2) is 9.93. The molecule has 3 aromatic carbocycles. The Balaban J connectivity index is 1.74. The monoisotopic (exact) mass is 539 g/mol. The van der Waals surface area contributed by atoms with E-state index < -0.39 is 5.92 Å². The first-order chi connectivity index (χ1) is 17.3. The molecule has 0 aromatic heterocycles. The Morgan fingerprint density at radius 2 is 1.56 bits per heavy atom. The minimum absolute atomic E-state index is 0.00626. The van der Waals surface area contributed by atoms with Crippen LogP contribution in [0, 0.1) is 6.92 Å². The summed E-state index contributed by atoms with van der Waals surface area (Å²) in [5.74, 6) is -0.278. The maximum absolute atomic E-state index is 13.9. The highest BCUT2D eigenvalue weighted by Gasteiger charge is 2.44. The molecule has 0 fully saturated rings. The van der Waals surface area contributed by atoms with E-state index in [2.05, 4.69) is 0 Å². The summed E-state index contributed by atoms with van der Waals surface area (Å²) in [6.07, 6.45) is 0.926. The maximum Gasteiger partial charge on any atom is 0.232 e. The van der Waals surface area contributed by atoms with E-state index in [9.17, 15) is 9.59 Å². The number of nitrogens with zero attached hydrogens (tertiary/aromatic N) is 1. The zero-order valence-electron chi connectivity index (χ0n) is 19.9. The number of ether oxygens (including phenoxy) is 1. The standard InChI is InChI=1S/C29H24Cl3NO3/c1-16-11-23(26(36-2)15-22(16)32)33-24-12-18(17-7-4-3-5-8-17)13-25(34)29(24)19(14-27(33)35)28-20(30)9-6-10-21(28)31/h3-11,15,18-19H,12-14H2,1-2H3. The topological polar surface area (TPSA) is 46.6 Å². The highest BCUT2D eigenvalue weighted by atomic mass is 35.5. The Bertz CT molecular complexity index is 1380. The summed E-state index contributed by atoms with van der Waals surface area (Å²) >= 11 is 19.5. The van der Waals surface area contributed by atoms with Gasteiger partial charge >= 0.3 is 0 Å². The third-order valence-electron chi connectivity index (χ3n) is 7.05. The van der Waals surface area contributed by atoms with Crippen LogP contribution in [0.25, 0.3) is 0 Å². The molecule has 7 heteroatoms. The van der Waals surface area contributed by atoms with Gasteiger partial charge in [0.2, 0.25) is 5.91 Å². The average molecular weight is 541 g/mol. The van der Waals surface area contributed by atoms with Gasteiger partial charge < -0.3 is 4.74 Å². The molecule has 2 atom stereocenters. The van der Waals surface area contributed by atoms with Gasteiger partial charge in [-0.3, -0.25) is 14.5 Å². The molecule has 184 valence electrons. The first-order valence-corrected chi connectivity index (χ1v) is 12.9. The lowest BCUT2D eigenvalue weighted by atomic mass is 9.72. The fraction of sp³-hybridized carbons (Fsp3) is 0.241. The van der Waals surface area contributed by atoms with Crippen molar-refractivity contribution in [2.75, 3.05) is 12.0 Å². The van der Waals surface area contributed by atoms with Crippen LogP contribution in [0.15, 0.2) is 71.9 Å². The van der Waals surface area contributed by atoms with E-state index in [-0.39, 0.29) is 24.0 Å². The van der Waals surface area contributed by atoms with Crippen LogP contribution in [0.3, 0.4) is 0 Å². The van der Waals surface area contributed by atoms with Crippen LogP contribution in [0.2, 0.25) is 15.1 Å². The van der Waals surface area contributed by atoms with Gasteiger partial charge in [-0.1, -0.05) is 71.2 Å². The lowest BCUT2D eigenvalue weighted by Gasteiger charge is -2.41. The molecule has 36 heavy (non-hydrogen) atoms. The molecule has 1 aliphatic carbocycles. The van der Waals surface area contributed by atoms with Crippen molar-refractivity contribution in [3.63, 3.8) is 0 Å². The first-order valence-electron chi connectivity index (χ1n) is 11.7. The van der Waals surface area contributed by atoms with Crippen molar-refractivity contribution in [2.45, 2.75) is 38.0 Å². The number of Topliss-reactive ketones (excluding diaryl/α,β-unsaturated/α-hetero) is 1. The van der Waals surface area contributed by atoms with Crippen LogP contribution in [0.1, 0.15) is 47.8 Å². The number of ketones is 1. The Labute approximate surface area is 225 Å². The van der Waals surface area contributed by atoms with Crippen molar-refractivity contribution in [2.24, 2.45) is 0 Å². The van der Waals surface area contributed by atoms with Crippen molar-refractivity contribution in [1.82, 2.24) is 0 Å². The van der Waals surface area contributed by atoms with Crippen molar-refractivity contribution >= 4 is 52.2 Å². The van der Waals surface area contributed by atoms with Gasteiger partial charge in [-0.15, -0.1) is 0 Å². The van der Waals surface area contributed by atoms with Crippen molar-refractivity contribution in [3.05, 3.63) is 104 Å². The predicted octanol–water partition coefficient (Wildman–Crippen LogP) is 7.89. The number of carbonyl (C=O) groups excluding carboxylic acids is 2. The van der Waals surface area contributed by atoms with Gasteiger partial charge in [-0.05, 0) is 54.2 Å². The predicted molar refractivity (Wildman–Crippen MR) is 144 cm³/mol. The average Bonchev–Trinajstić information content (AvgIpc) is 2.85. The number of hydrogen-bond donors (Lipinski definition) is 0. The van der Waals surface area contributed by atoms with Gasteiger partial charge in [0.25, 0.3) is 0 Å². The number of amides is 1. The molecule has 2 aliphatic rings. The Hall–Kier alpha value is -2.79. The Morgan fingerprint density at radius 1 is 0.861 bits per heavy atom. The number of aryl methyl sites for hydroxylation is 1. The lowest BCUT2D eigenvalue weighted by Crippen LogP contribution is -2.42. The van der Waals surface area contributed by atoms with Gasteiger partial charge in [0.1, 0.15) is 5.75 Å². The van der Waals surface area contributed by atoms with Crippen molar-refractivity contribution in [3.8, 4) is 5.75 Å². The summed E-state index contributed by atoms with van der Waals surface area (Å²) in [6, 6.07) is 18.7. The molecule has 0 saturated heterocycles. The van der Waals surface area contributed by atoms with E-state index in [1.54, 1.807) is 36.3 Å². The fourth-order valence-corrected chi connectivity index (χ4v) is 6.17. The molecule has 0 N–H and O–H groups in total. The molecule has 5 rings (SSSR count). The number of halogens is 3. The zero-order chi connectivity index (χ0) is 25.6. The van der Waals surface area contributed by atoms with E-state index in [1.165, 1.54) is 0 Å². The number of rotatable bonds is 4. The van der Waals surface area contributed by atoms with E-state index in [4.69, 9.17) is 39.5 Å². The van der Waals surface area contributed by atoms with Gasteiger partial charge in [0.15, 0.2) is 5.78 Å². The van der Waals surface area contributed by atoms with Gasteiger partial charge in [0.05, 0.1) is 12.8 Å². The maximum atomic E-state index is 13.9. The highest BCUT2D eigenvalue weighted by Crippen LogP contribution is 2.50. The molecule has 2 unspecified atom stereocenters. The Morgan fingerprint density at radius 3 is 2.22 bits per heavy atom. The Kier molecular flexibility index (Phi) is 6.86. The molecule has 0 radical (unpaired) electrons. The normalized spacial score (nSPS) is 20.0. The lowest BCUT2D eigenvalue weighted by molar-refractivity contribution is -0.120. The molecule has 1 aliphatic heterocycles. The van der Waals surface area contributed by atoms with E-state index >= 15 is 0 Å². The molecular weight excluding hydrogens is 517 g/mol. The van der Waals surface area contributed by atoms with Crippen LogP contribution < -0.4 is 9.64 Å². The molecule has 1 amide bonds. The summed E-state index contributed by atoms with van der Waals surface area (Å²) in [7, 11) is 1.54. The number of hydrogen-bond acceptors (Lipinski definition) is 3. The molecule has 0 bridgehead atoms. The number of allylic oxidation sites excluding steroid dienone is 2. The summed E-state index contributed by atoms with van der Waals surface area (Å²) in [6.45, 7) is 1.88. The summed E-state index contributed by atoms with van der Waals surface area (Å²) in [4.78, 5) is 29.4. The highest BCUT2D eigenvalue weighted by molar-refractivity contribution is 6.36. The summed E-state index contributed by atoms with van der Waals surface area (Å²) < 4.78 is 5.62. The van der Waals surface area contributed by atoms with Gasteiger partial charge in [0, 0.05) is 51.2 Å². The van der Waals surface area contributed by atoms with Crippen molar-refractivity contribution in [1.29, 1.82) is 0 Å². The van der Waals surface area contributed by atoms with Crippen LogP contribution in [0.5, 0.6) is 5.75 Å². The molecule has 0 spiro atoms. The first kappa shape index (κ1) is 24.9. The zero-order valence-corrected chi connectivity index (χ0v) is 22.1. The molecular formula is C29H24Cl3NO3. The minimum atomic E-state index is -0.520. The molecule has 0 saturated carbocycles. The SMILES string of the molecule is COc1cc(Cl)c(C)cc1N1C(=O)CC(c2c(Cl)cccc2Cl)C2=C1CC(c1ccccc1)CC2=O. The van der Waals surface area contributed by atoms with Gasteiger partial charge in [-0.25, -0.2) is 0 Å². The third-order valence-corrected chi connectivity index (χ3v) is 8.12. The van der Waals surface area contributed by atoms with Crippen LogP contribution in [-0.4, -0.2) is 18.8 Å². The molecule has 3 aromatic rings. The van der Waals surface area contributed by atoms with Crippen molar-refractivity contribution < 1.29 is 14.3 Å². The number of anilines is 1. The largest absolute Gasteiger partial charge is 0.495 e. The third kappa shape index (κ3) is 4.32. The van der Waals surface area contributed by atoms with Crippen LogP contribution in [0.4, 0.5) is 5.69 Å². The van der Waals surface area contributed by atoms with Crippen LogP contribution in [-0.2, 0) is 9.59 Å². The van der Waals surface area contributed by atoms with E-state index in [0.29, 0.717) is 56.2 Å². The minimum Gasteiger partial charge on any atom is -0.495 e. The number of methoxy groups -OCH3 is 1. The number of benzene rings is 3. The second-order valence-corrected chi connectivity index (χ2v) is 10.4. The fourth-order valence-electron chi connectivity index (χ4n) is 5.35. The summed E-state index contributed by atoms with van der Waals surface area (Å²) in [5, 5.41) is 1.42. The second-order valence-electron chi connectivity index (χ2n) is 9.19. The van der Waals surface area contributed by atoms with E-state index in [1.807, 2.05) is 43.3 Å². The smallest absolute Gasteiger partial charge is 0.232 e. The summed E-state index contributed by atoms with van der Waals surface area (Å²) in [5.41, 5.74) is 4.31. The molecule has 1 heterocycles. The van der Waals surface area contributed by atoms with Crippen LogP contribution >= 0.6 is 34.8 Å². The number of carbonyl (C=O) groups is 2. The van der Waals surface area contributed by atoms with E-state index in [0.717, 1.165) is 11.1 Å².